The lowest BCUT2D eigenvalue weighted by molar-refractivity contribution is 0.355. The lowest BCUT2D eigenvalue weighted by Crippen LogP contribution is -2.02. The Morgan fingerprint density at radius 1 is 1.04 bits per heavy atom. The molecule has 0 bridgehead atoms. The minimum atomic E-state index is 0.472. The van der Waals surface area contributed by atoms with Crippen molar-refractivity contribution in [1.29, 1.82) is 0 Å². The molecule has 3 aromatic heterocycles. The molecule has 4 rings (SSSR count). The van der Waals surface area contributed by atoms with E-state index in [-0.39, 0.29) is 0 Å². The first kappa shape index (κ1) is 18.2. The van der Waals surface area contributed by atoms with E-state index in [0.29, 0.717) is 17.4 Å². The van der Waals surface area contributed by atoms with Crippen molar-refractivity contribution in [2.75, 3.05) is 19.5 Å². The molecule has 0 atom stereocenters. The van der Waals surface area contributed by atoms with E-state index in [9.17, 15) is 0 Å². The number of nitrogens with zero attached hydrogens (tertiary/aromatic N) is 4. The van der Waals surface area contributed by atoms with Crippen molar-refractivity contribution >= 4 is 33.2 Å². The van der Waals surface area contributed by atoms with Gasteiger partial charge in [0.2, 0.25) is 5.95 Å². The van der Waals surface area contributed by atoms with Crippen LogP contribution in [0.3, 0.4) is 0 Å². The lowest BCUT2D eigenvalue weighted by Gasteiger charge is -2.14. The van der Waals surface area contributed by atoms with E-state index >= 15 is 0 Å². The molecule has 0 spiro atoms. The van der Waals surface area contributed by atoms with E-state index in [1.165, 1.54) is 0 Å². The first-order chi connectivity index (χ1) is 13.6. The second-order valence-corrected chi connectivity index (χ2v) is 6.96. The van der Waals surface area contributed by atoms with Crippen LogP contribution in [-0.4, -0.2) is 33.6 Å². The molecule has 1 aromatic carbocycles. The van der Waals surface area contributed by atoms with Crippen LogP contribution in [0.15, 0.2) is 53.4 Å². The summed E-state index contributed by atoms with van der Waals surface area (Å²) in [6.45, 7) is 1.98. The molecular weight excluding hydrogens is 422 g/mol. The van der Waals surface area contributed by atoms with Gasteiger partial charge >= 0.3 is 0 Å². The van der Waals surface area contributed by atoms with Gasteiger partial charge in [-0.25, -0.2) is 15.0 Å². The standard InChI is InChI=1S/C20H18BrN5O2/c1-12-8-16(27-2)17(28-3)9-14(12)24-20-23-10-13(21)19(25-20)15-11-22-18-6-4-5-7-26(15)18/h4-11H,1-3H3,(H,23,24,25). The van der Waals surface area contributed by atoms with Gasteiger partial charge in [-0.15, -0.1) is 0 Å². The average molecular weight is 440 g/mol. The number of fused-ring (bicyclic) bond motifs is 1. The normalized spacial score (nSPS) is 10.9. The SMILES string of the molecule is COc1cc(C)c(Nc2ncc(Br)c(-c3cnc4ccccn34)n2)cc1OC. The van der Waals surface area contributed by atoms with E-state index in [1.807, 2.05) is 47.9 Å². The van der Waals surface area contributed by atoms with Crippen LogP contribution in [0.5, 0.6) is 11.5 Å². The maximum absolute atomic E-state index is 5.39. The molecule has 0 saturated heterocycles. The molecule has 4 aromatic rings. The summed E-state index contributed by atoms with van der Waals surface area (Å²) in [6.07, 6.45) is 5.48. The Morgan fingerprint density at radius 2 is 1.82 bits per heavy atom. The predicted molar refractivity (Wildman–Crippen MR) is 111 cm³/mol. The third kappa shape index (κ3) is 3.27. The molecule has 0 aliphatic carbocycles. The third-order valence-electron chi connectivity index (χ3n) is 4.38. The molecule has 0 saturated carbocycles. The highest BCUT2D eigenvalue weighted by molar-refractivity contribution is 9.10. The largest absolute Gasteiger partial charge is 0.493 e. The molecule has 7 nitrogen and oxygen atoms in total. The van der Waals surface area contributed by atoms with E-state index in [1.54, 1.807) is 26.6 Å². The number of anilines is 2. The fourth-order valence-corrected chi connectivity index (χ4v) is 3.34. The number of hydrogen-bond donors (Lipinski definition) is 1. The fourth-order valence-electron chi connectivity index (χ4n) is 2.95. The number of aromatic nitrogens is 4. The van der Waals surface area contributed by atoms with Crippen LogP contribution in [0.1, 0.15) is 5.56 Å². The van der Waals surface area contributed by atoms with Crippen LogP contribution in [-0.2, 0) is 0 Å². The summed E-state index contributed by atoms with van der Waals surface area (Å²) in [6, 6.07) is 9.64. The summed E-state index contributed by atoms with van der Waals surface area (Å²) in [5, 5.41) is 3.27. The number of pyridine rings is 1. The summed E-state index contributed by atoms with van der Waals surface area (Å²) in [4.78, 5) is 13.5. The first-order valence-corrected chi connectivity index (χ1v) is 9.34. The van der Waals surface area contributed by atoms with E-state index in [2.05, 4.69) is 31.2 Å². The Balaban J connectivity index is 1.74. The zero-order valence-corrected chi connectivity index (χ0v) is 17.2. The number of rotatable bonds is 5. The Hall–Kier alpha value is -3.13. The Bertz CT molecular complexity index is 1160. The summed E-state index contributed by atoms with van der Waals surface area (Å²) in [5.41, 5.74) is 4.30. The number of imidazole rings is 1. The minimum absolute atomic E-state index is 0.472. The predicted octanol–water partition coefficient (Wildman–Crippen LogP) is 4.62. The molecule has 0 fully saturated rings. The van der Waals surface area contributed by atoms with Crippen LogP contribution >= 0.6 is 15.9 Å². The fraction of sp³-hybridized carbons (Fsp3) is 0.150. The van der Waals surface area contributed by atoms with Crippen molar-refractivity contribution in [2.24, 2.45) is 0 Å². The van der Waals surface area contributed by atoms with Crippen LogP contribution < -0.4 is 14.8 Å². The number of nitrogens with one attached hydrogen (secondary N) is 1. The van der Waals surface area contributed by atoms with Gasteiger partial charge < -0.3 is 14.8 Å². The molecule has 0 radical (unpaired) electrons. The molecule has 0 amide bonds. The smallest absolute Gasteiger partial charge is 0.227 e. The van der Waals surface area contributed by atoms with Crippen molar-refractivity contribution in [2.45, 2.75) is 6.92 Å². The van der Waals surface area contributed by atoms with E-state index < -0.39 is 0 Å². The Kier molecular flexibility index (Phi) is 4.87. The maximum Gasteiger partial charge on any atom is 0.227 e. The summed E-state index contributed by atoms with van der Waals surface area (Å²) >= 11 is 3.55. The molecule has 1 N–H and O–H groups in total. The van der Waals surface area contributed by atoms with Gasteiger partial charge in [0.05, 0.1) is 30.6 Å². The van der Waals surface area contributed by atoms with Gasteiger partial charge in [0.15, 0.2) is 11.5 Å². The van der Waals surface area contributed by atoms with Crippen molar-refractivity contribution < 1.29 is 9.47 Å². The van der Waals surface area contributed by atoms with Crippen LogP contribution in [0.2, 0.25) is 0 Å². The second-order valence-electron chi connectivity index (χ2n) is 6.11. The number of halogens is 1. The van der Waals surface area contributed by atoms with Crippen LogP contribution in [0.25, 0.3) is 17.0 Å². The molecule has 28 heavy (non-hydrogen) atoms. The van der Waals surface area contributed by atoms with E-state index in [4.69, 9.17) is 14.5 Å². The average Bonchev–Trinajstić information content (AvgIpc) is 3.14. The van der Waals surface area contributed by atoms with Gasteiger partial charge in [0.25, 0.3) is 0 Å². The molecule has 142 valence electrons. The van der Waals surface area contributed by atoms with Gasteiger partial charge in [-0.2, -0.15) is 0 Å². The Labute approximate surface area is 170 Å². The highest BCUT2D eigenvalue weighted by Crippen LogP contribution is 2.34. The van der Waals surface area contributed by atoms with E-state index in [0.717, 1.165) is 32.8 Å². The number of aryl methyl sites for hydroxylation is 1. The summed E-state index contributed by atoms with van der Waals surface area (Å²) < 4.78 is 13.5. The number of ether oxygens (including phenoxy) is 2. The van der Waals surface area contributed by atoms with Crippen molar-refractivity contribution in [1.82, 2.24) is 19.4 Å². The number of hydrogen-bond acceptors (Lipinski definition) is 6. The molecule has 0 unspecified atom stereocenters. The van der Waals surface area contributed by atoms with Gasteiger partial charge in [0, 0.05) is 24.1 Å². The maximum atomic E-state index is 5.39. The molecule has 3 heterocycles. The molecule has 8 heteroatoms. The molecule has 0 aliphatic rings. The Morgan fingerprint density at radius 3 is 2.61 bits per heavy atom. The van der Waals surface area contributed by atoms with Gasteiger partial charge in [0.1, 0.15) is 11.3 Å². The zero-order chi connectivity index (χ0) is 19.7. The molecular formula is C20H18BrN5O2. The van der Waals surface area contributed by atoms with Crippen molar-refractivity contribution in [3.63, 3.8) is 0 Å². The van der Waals surface area contributed by atoms with Gasteiger partial charge in [-0.05, 0) is 46.6 Å². The topological polar surface area (TPSA) is 73.6 Å². The van der Waals surface area contributed by atoms with Crippen LogP contribution in [0.4, 0.5) is 11.6 Å². The third-order valence-corrected chi connectivity index (χ3v) is 4.96. The highest BCUT2D eigenvalue weighted by Gasteiger charge is 2.14. The van der Waals surface area contributed by atoms with Crippen molar-refractivity contribution in [3.05, 3.63) is 59.0 Å². The summed E-state index contributed by atoms with van der Waals surface area (Å²) in [7, 11) is 3.22. The second kappa shape index (κ2) is 7.47. The summed E-state index contributed by atoms with van der Waals surface area (Å²) in [5.74, 6) is 1.78. The number of methoxy groups -OCH3 is 2. The first-order valence-electron chi connectivity index (χ1n) is 8.55. The quantitative estimate of drug-likeness (QED) is 0.488. The minimum Gasteiger partial charge on any atom is -0.493 e. The van der Waals surface area contributed by atoms with Crippen LogP contribution in [0, 0.1) is 6.92 Å². The monoisotopic (exact) mass is 439 g/mol. The zero-order valence-electron chi connectivity index (χ0n) is 15.6. The van der Waals surface area contributed by atoms with Gasteiger partial charge in [-0.1, -0.05) is 6.07 Å². The molecule has 0 aliphatic heterocycles. The lowest BCUT2D eigenvalue weighted by atomic mass is 10.1. The highest BCUT2D eigenvalue weighted by atomic mass is 79.9. The number of benzene rings is 1. The van der Waals surface area contributed by atoms with Crippen molar-refractivity contribution in [3.8, 4) is 22.9 Å². The van der Waals surface area contributed by atoms with Gasteiger partial charge in [-0.3, -0.25) is 4.40 Å².